The predicted octanol–water partition coefficient (Wildman–Crippen LogP) is 1.02. The zero-order chi connectivity index (χ0) is 12.5. The van der Waals surface area contributed by atoms with Crippen molar-refractivity contribution < 1.29 is 19.4 Å². The SMILES string of the molecule is CC1(C(=O)N2CCCC[C@@H]2C(=O)O)CCCO1. The van der Waals surface area contributed by atoms with Crippen LogP contribution in [0.5, 0.6) is 0 Å². The second-order valence-electron chi connectivity index (χ2n) is 5.03. The standard InChI is InChI=1S/C12H19NO4/c1-12(6-4-8-17-12)11(16)13-7-3-2-5-9(13)10(14)15/h9H,2-8H2,1H3,(H,14,15)/t9-,12?/m1/s1. The first-order chi connectivity index (χ1) is 8.04. The molecule has 0 radical (unpaired) electrons. The second-order valence-corrected chi connectivity index (χ2v) is 5.03. The van der Waals surface area contributed by atoms with Crippen molar-refractivity contribution in [2.75, 3.05) is 13.2 Å². The molecule has 2 heterocycles. The van der Waals surface area contributed by atoms with Crippen LogP contribution in [-0.4, -0.2) is 46.7 Å². The largest absolute Gasteiger partial charge is 0.480 e. The Bertz CT molecular complexity index is 322. The van der Waals surface area contributed by atoms with Crippen molar-refractivity contribution >= 4 is 11.9 Å². The van der Waals surface area contributed by atoms with Gasteiger partial charge in [0.2, 0.25) is 0 Å². The van der Waals surface area contributed by atoms with Crippen molar-refractivity contribution in [1.82, 2.24) is 4.90 Å². The molecule has 2 aliphatic rings. The number of ether oxygens (including phenoxy) is 1. The van der Waals surface area contributed by atoms with Gasteiger partial charge in [0.1, 0.15) is 11.6 Å². The van der Waals surface area contributed by atoms with Gasteiger partial charge in [0, 0.05) is 13.2 Å². The molecule has 1 unspecified atom stereocenters. The summed E-state index contributed by atoms with van der Waals surface area (Å²) in [5.74, 6) is -1.05. The first-order valence-corrected chi connectivity index (χ1v) is 6.22. The monoisotopic (exact) mass is 241 g/mol. The average Bonchev–Trinajstić information content (AvgIpc) is 2.76. The Labute approximate surface area is 101 Å². The highest BCUT2D eigenvalue weighted by Crippen LogP contribution is 2.30. The van der Waals surface area contributed by atoms with Gasteiger partial charge in [-0.05, 0) is 39.0 Å². The summed E-state index contributed by atoms with van der Waals surface area (Å²) in [4.78, 5) is 25.0. The molecule has 0 aliphatic carbocycles. The Hall–Kier alpha value is -1.10. The summed E-state index contributed by atoms with van der Waals surface area (Å²) in [5, 5.41) is 9.15. The third-order valence-electron chi connectivity index (χ3n) is 3.72. The van der Waals surface area contributed by atoms with E-state index in [4.69, 9.17) is 9.84 Å². The van der Waals surface area contributed by atoms with E-state index in [1.54, 1.807) is 6.92 Å². The van der Waals surface area contributed by atoms with Crippen molar-refractivity contribution in [3.05, 3.63) is 0 Å². The molecule has 2 rings (SSSR count). The molecule has 0 saturated carbocycles. The van der Waals surface area contributed by atoms with E-state index in [-0.39, 0.29) is 5.91 Å². The van der Waals surface area contributed by atoms with Crippen LogP contribution in [0.25, 0.3) is 0 Å². The maximum Gasteiger partial charge on any atom is 0.326 e. The molecular weight excluding hydrogens is 222 g/mol. The first-order valence-electron chi connectivity index (χ1n) is 6.22. The van der Waals surface area contributed by atoms with Crippen LogP contribution in [0.2, 0.25) is 0 Å². The van der Waals surface area contributed by atoms with Crippen molar-refractivity contribution in [2.24, 2.45) is 0 Å². The van der Waals surface area contributed by atoms with E-state index in [9.17, 15) is 9.59 Å². The van der Waals surface area contributed by atoms with Gasteiger partial charge in [-0.3, -0.25) is 4.79 Å². The Balaban J connectivity index is 2.13. The first kappa shape index (κ1) is 12.4. The number of carboxylic acid groups (broad SMARTS) is 1. The number of hydrogen-bond donors (Lipinski definition) is 1. The lowest BCUT2D eigenvalue weighted by Gasteiger charge is -2.37. The minimum atomic E-state index is -0.903. The summed E-state index contributed by atoms with van der Waals surface area (Å²) in [6, 6.07) is -0.669. The van der Waals surface area contributed by atoms with Gasteiger partial charge in [-0.2, -0.15) is 0 Å². The lowest BCUT2D eigenvalue weighted by molar-refractivity contribution is -0.162. The van der Waals surface area contributed by atoms with E-state index in [1.807, 2.05) is 0 Å². The molecule has 0 spiro atoms. The second kappa shape index (κ2) is 4.64. The maximum atomic E-state index is 12.4. The molecule has 96 valence electrons. The van der Waals surface area contributed by atoms with Gasteiger partial charge in [0.25, 0.3) is 5.91 Å². The van der Waals surface area contributed by atoms with Crippen molar-refractivity contribution in [3.8, 4) is 0 Å². The van der Waals surface area contributed by atoms with Crippen LogP contribution in [-0.2, 0) is 14.3 Å². The molecule has 2 atom stereocenters. The van der Waals surface area contributed by atoms with E-state index >= 15 is 0 Å². The number of carbonyl (C=O) groups is 2. The minimum Gasteiger partial charge on any atom is -0.480 e. The van der Waals surface area contributed by atoms with E-state index in [0.29, 0.717) is 26.0 Å². The van der Waals surface area contributed by atoms with E-state index < -0.39 is 17.6 Å². The molecule has 0 bridgehead atoms. The van der Waals surface area contributed by atoms with Crippen LogP contribution in [0.1, 0.15) is 39.0 Å². The number of carbonyl (C=O) groups excluding carboxylic acids is 1. The van der Waals surface area contributed by atoms with Crippen LogP contribution in [0.3, 0.4) is 0 Å². The molecule has 5 heteroatoms. The third-order valence-corrected chi connectivity index (χ3v) is 3.72. The van der Waals surface area contributed by atoms with Gasteiger partial charge in [0.15, 0.2) is 0 Å². The van der Waals surface area contributed by atoms with E-state index in [2.05, 4.69) is 0 Å². The lowest BCUT2D eigenvalue weighted by Crippen LogP contribution is -2.55. The molecule has 2 aliphatic heterocycles. The number of piperidine rings is 1. The van der Waals surface area contributed by atoms with Crippen molar-refractivity contribution in [2.45, 2.75) is 50.7 Å². The number of likely N-dealkylation sites (tertiary alicyclic amines) is 1. The highest BCUT2D eigenvalue weighted by Gasteiger charge is 2.44. The summed E-state index contributed by atoms with van der Waals surface area (Å²) >= 11 is 0. The number of carboxylic acids is 1. The van der Waals surface area contributed by atoms with Gasteiger partial charge in [-0.15, -0.1) is 0 Å². The molecule has 5 nitrogen and oxygen atoms in total. The Morgan fingerprint density at radius 1 is 1.35 bits per heavy atom. The van der Waals surface area contributed by atoms with Crippen molar-refractivity contribution in [3.63, 3.8) is 0 Å². The molecule has 1 amide bonds. The maximum absolute atomic E-state index is 12.4. The van der Waals surface area contributed by atoms with Gasteiger partial charge >= 0.3 is 5.97 Å². The molecular formula is C12H19NO4. The number of nitrogens with zero attached hydrogens (tertiary/aromatic N) is 1. The molecule has 0 aromatic rings. The Kier molecular flexibility index (Phi) is 3.38. The smallest absolute Gasteiger partial charge is 0.326 e. The van der Waals surface area contributed by atoms with Gasteiger partial charge in [0.05, 0.1) is 0 Å². The molecule has 1 N–H and O–H groups in total. The van der Waals surface area contributed by atoms with Crippen LogP contribution >= 0.6 is 0 Å². The van der Waals surface area contributed by atoms with Gasteiger partial charge in [-0.1, -0.05) is 0 Å². The average molecular weight is 241 g/mol. The number of rotatable bonds is 2. The van der Waals surface area contributed by atoms with Gasteiger partial charge in [-0.25, -0.2) is 4.79 Å². The Morgan fingerprint density at radius 2 is 2.12 bits per heavy atom. The summed E-state index contributed by atoms with van der Waals surface area (Å²) in [5.41, 5.74) is -0.801. The minimum absolute atomic E-state index is 0.151. The summed E-state index contributed by atoms with van der Waals surface area (Å²) < 4.78 is 5.50. The number of hydrogen-bond acceptors (Lipinski definition) is 3. The zero-order valence-corrected chi connectivity index (χ0v) is 10.1. The summed E-state index contributed by atoms with van der Waals surface area (Å²) in [6.07, 6.45) is 3.86. The van der Waals surface area contributed by atoms with Gasteiger partial charge < -0.3 is 14.7 Å². The highest BCUT2D eigenvalue weighted by atomic mass is 16.5. The third kappa shape index (κ3) is 2.29. The lowest BCUT2D eigenvalue weighted by atomic mass is 9.96. The highest BCUT2D eigenvalue weighted by molar-refractivity contribution is 5.89. The molecule has 2 saturated heterocycles. The normalized spacial score (nSPS) is 33.7. The summed E-state index contributed by atoms with van der Waals surface area (Å²) in [6.45, 7) is 2.90. The molecule has 17 heavy (non-hydrogen) atoms. The number of amides is 1. The van der Waals surface area contributed by atoms with Crippen LogP contribution in [0, 0.1) is 0 Å². The van der Waals surface area contributed by atoms with E-state index in [0.717, 1.165) is 19.3 Å². The predicted molar refractivity (Wildman–Crippen MR) is 60.6 cm³/mol. The van der Waals surface area contributed by atoms with Crippen LogP contribution in [0.15, 0.2) is 0 Å². The quantitative estimate of drug-likeness (QED) is 0.784. The fraction of sp³-hybridized carbons (Fsp3) is 0.833. The zero-order valence-electron chi connectivity index (χ0n) is 10.1. The van der Waals surface area contributed by atoms with Crippen LogP contribution < -0.4 is 0 Å². The summed E-state index contributed by atoms with van der Waals surface area (Å²) in [7, 11) is 0. The molecule has 2 fully saturated rings. The molecule has 0 aromatic heterocycles. The number of aliphatic carboxylic acids is 1. The van der Waals surface area contributed by atoms with Crippen LogP contribution in [0.4, 0.5) is 0 Å². The van der Waals surface area contributed by atoms with E-state index in [1.165, 1.54) is 4.90 Å². The topological polar surface area (TPSA) is 66.8 Å². The Morgan fingerprint density at radius 3 is 2.71 bits per heavy atom. The molecule has 0 aromatic carbocycles. The van der Waals surface area contributed by atoms with Crippen molar-refractivity contribution in [1.29, 1.82) is 0 Å². The fourth-order valence-corrected chi connectivity index (χ4v) is 2.68. The fourth-order valence-electron chi connectivity index (χ4n) is 2.68.